The van der Waals surface area contributed by atoms with Gasteiger partial charge in [-0.05, 0) is 24.1 Å². The number of carbonyl (C=O) groups excluding carboxylic acids is 2. The molecule has 0 aliphatic rings. The minimum absolute atomic E-state index is 0.0166. The van der Waals surface area contributed by atoms with Gasteiger partial charge in [-0.25, -0.2) is 4.39 Å². The Labute approximate surface area is 146 Å². The predicted molar refractivity (Wildman–Crippen MR) is 92.3 cm³/mol. The van der Waals surface area contributed by atoms with E-state index in [1.54, 1.807) is 6.07 Å². The molecule has 132 valence electrons. The Morgan fingerprint density at radius 1 is 1.04 bits per heavy atom. The van der Waals surface area contributed by atoms with Crippen LogP contribution in [0.5, 0.6) is 5.75 Å². The molecular formula is C19H21FN2O3. The van der Waals surface area contributed by atoms with E-state index in [4.69, 9.17) is 4.74 Å². The Kier molecular flexibility index (Phi) is 6.95. The third kappa shape index (κ3) is 5.60. The summed E-state index contributed by atoms with van der Waals surface area (Å²) in [6, 6.07) is 15.2. The van der Waals surface area contributed by atoms with Gasteiger partial charge in [0.25, 0.3) is 5.91 Å². The lowest BCUT2D eigenvalue weighted by Crippen LogP contribution is -2.45. The smallest absolute Gasteiger partial charge is 0.276 e. The molecule has 2 aromatic rings. The van der Waals surface area contributed by atoms with Gasteiger partial charge in [-0.15, -0.1) is 0 Å². The second-order valence-electron chi connectivity index (χ2n) is 5.51. The van der Waals surface area contributed by atoms with Crippen LogP contribution in [0.2, 0.25) is 0 Å². The van der Waals surface area contributed by atoms with Gasteiger partial charge in [0.05, 0.1) is 5.92 Å². The fourth-order valence-corrected chi connectivity index (χ4v) is 2.38. The summed E-state index contributed by atoms with van der Waals surface area (Å²) in [7, 11) is 0. The highest BCUT2D eigenvalue weighted by molar-refractivity contribution is 5.86. The summed E-state index contributed by atoms with van der Waals surface area (Å²) in [5.41, 5.74) is 5.59. The molecule has 5 nitrogen and oxygen atoms in total. The number of hydrogen-bond donors (Lipinski definition) is 2. The molecule has 25 heavy (non-hydrogen) atoms. The van der Waals surface area contributed by atoms with Crippen molar-refractivity contribution < 1.29 is 18.7 Å². The largest absolute Gasteiger partial charge is 0.481 e. The fraction of sp³-hybridized carbons (Fsp3) is 0.263. The molecule has 2 N–H and O–H groups in total. The van der Waals surface area contributed by atoms with Crippen molar-refractivity contribution in [2.24, 2.45) is 0 Å². The van der Waals surface area contributed by atoms with Crippen molar-refractivity contribution in [2.45, 2.75) is 25.7 Å². The zero-order valence-electron chi connectivity index (χ0n) is 14.0. The van der Waals surface area contributed by atoms with Crippen LogP contribution >= 0.6 is 0 Å². The van der Waals surface area contributed by atoms with Gasteiger partial charge in [0, 0.05) is 0 Å². The van der Waals surface area contributed by atoms with E-state index in [1.165, 1.54) is 18.2 Å². The maximum atomic E-state index is 13.4. The molecule has 0 aliphatic carbocycles. The van der Waals surface area contributed by atoms with Gasteiger partial charge in [0.2, 0.25) is 5.91 Å². The van der Waals surface area contributed by atoms with Crippen LogP contribution in [0, 0.1) is 5.82 Å². The van der Waals surface area contributed by atoms with Crippen molar-refractivity contribution in [2.75, 3.05) is 6.61 Å². The average Bonchev–Trinajstić information content (AvgIpc) is 2.64. The van der Waals surface area contributed by atoms with E-state index < -0.39 is 18.3 Å². The van der Waals surface area contributed by atoms with E-state index in [1.807, 2.05) is 37.3 Å². The number of ether oxygens (including phenoxy) is 1. The van der Waals surface area contributed by atoms with Crippen molar-refractivity contribution in [1.29, 1.82) is 0 Å². The molecule has 0 aliphatic heterocycles. The molecule has 0 bridgehead atoms. The van der Waals surface area contributed by atoms with Crippen molar-refractivity contribution in [1.82, 2.24) is 10.9 Å². The zero-order valence-corrected chi connectivity index (χ0v) is 14.0. The highest BCUT2D eigenvalue weighted by Gasteiger charge is 2.20. The van der Waals surface area contributed by atoms with Gasteiger partial charge in [-0.1, -0.05) is 55.8 Å². The number of hydrogen-bond acceptors (Lipinski definition) is 3. The molecule has 2 aromatic carbocycles. The molecular weight excluding hydrogens is 323 g/mol. The second-order valence-corrected chi connectivity index (χ2v) is 5.51. The summed E-state index contributed by atoms with van der Waals surface area (Å²) in [5, 5.41) is 0. The van der Waals surface area contributed by atoms with E-state index in [0.717, 1.165) is 12.0 Å². The minimum Gasteiger partial charge on any atom is -0.481 e. The Bertz CT molecular complexity index is 707. The van der Waals surface area contributed by atoms with E-state index in [2.05, 4.69) is 10.9 Å². The summed E-state index contributed by atoms with van der Waals surface area (Å²) in [6.07, 6.45) is 1.49. The Morgan fingerprint density at radius 2 is 1.72 bits per heavy atom. The molecule has 2 rings (SSSR count). The lowest BCUT2D eigenvalue weighted by molar-refractivity contribution is -0.130. The van der Waals surface area contributed by atoms with Crippen LogP contribution in [0.3, 0.4) is 0 Å². The van der Waals surface area contributed by atoms with Crippen molar-refractivity contribution in [3.8, 4) is 5.75 Å². The maximum absolute atomic E-state index is 13.4. The van der Waals surface area contributed by atoms with Crippen LogP contribution in [-0.4, -0.2) is 18.4 Å². The van der Waals surface area contributed by atoms with Gasteiger partial charge >= 0.3 is 0 Å². The van der Waals surface area contributed by atoms with Crippen LogP contribution in [0.15, 0.2) is 54.6 Å². The Hall–Kier alpha value is -2.89. The van der Waals surface area contributed by atoms with Gasteiger partial charge in [0.15, 0.2) is 18.2 Å². The first-order valence-electron chi connectivity index (χ1n) is 8.12. The van der Waals surface area contributed by atoms with Crippen LogP contribution in [-0.2, 0) is 9.59 Å². The molecule has 2 amide bonds. The van der Waals surface area contributed by atoms with Gasteiger partial charge in [-0.3, -0.25) is 20.4 Å². The third-order valence-corrected chi connectivity index (χ3v) is 3.62. The summed E-state index contributed by atoms with van der Waals surface area (Å²) in [5.74, 6) is -1.78. The topological polar surface area (TPSA) is 67.4 Å². The molecule has 0 aromatic heterocycles. The maximum Gasteiger partial charge on any atom is 0.276 e. The number of benzene rings is 2. The van der Waals surface area contributed by atoms with Gasteiger partial charge < -0.3 is 4.74 Å². The zero-order chi connectivity index (χ0) is 18.1. The van der Waals surface area contributed by atoms with E-state index in [9.17, 15) is 14.0 Å². The SMILES string of the molecule is CCC[C@@H](C(=O)NNC(=O)COc1ccccc1F)c1ccccc1. The van der Waals surface area contributed by atoms with Crippen molar-refractivity contribution in [3.05, 3.63) is 66.0 Å². The molecule has 0 heterocycles. The average molecular weight is 344 g/mol. The Morgan fingerprint density at radius 3 is 2.40 bits per heavy atom. The van der Waals surface area contributed by atoms with E-state index in [0.29, 0.717) is 6.42 Å². The second kappa shape index (κ2) is 9.42. The lowest BCUT2D eigenvalue weighted by Gasteiger charge is -2.17. The first kappa shape index (κ1) is 18.4. The highest BCUT2D eigenvalue weighted by Crippen LogP contribution is 2.21. The van der Waals surface area contributed by atoms with Gasteiger partial charge in [0.1, 0.15) is 0 Å². The quantitative estimate of drug-likeness (QED) is 0.759. The molecule has 0 spiro atoms. The minimum atomic E-state index is -0.570. The Balaban J connectivity index is 1.85. The van der Waals surface area contributed by atoms with E-state index >= 15 is 0 Å². The first-order chi connectivity index (χ1) is 12.1. The standard InChI is InChI=1S/C19H21FN2O3/c1-2-8-15(14-9-4-3-5-10-14)19(24)22-21-18(23)13-25-17-12-7-6-11-16(17)20/h3-7,9-12,15H,2,8,13H2,1H3,(H,21,23)(H,22,24)/t15-/m1/s1. The third-order valence-electron chi connectivity index (χ3n) is 3.62. The predicted octanol–water partition coefficient (Wildman–Crippen LogP) is 2.94. The van der Waals surface area contributed by atoms with Gasteiger partial charge in [-0.2, -0.15) is 0 Å². The summed E-state index contributed by atoms with van der Waals surface area (Å²) >= 11 is 0. The molecule has 1 atom stereocenters. The number of hydrazine groups is 1. The number of amides is 2. The molecule has 0 radical (unpaired) electrons. The summed E-state index contributed by atoms with van der Waals surface area (Å²) in [4.78, 5) is 24.1. The molecule has 0 unspecified atom stereocenters. The van der Waals surface area contributed by atoms with Crippen LogP contribution in [0.4, 0.5) is 4.39 Å². The fourth-order valence-electron chi connectivity index (χ4n) is 2.38. The van der Waals surface area contributed by atoms with Crippen molar-refractivity contribution >= 4 is 11.8 Å². The van der Waals surface area contributed by atoms with Crippen LogP contribution in [0.1, 0.15) is 31.2 Å². The monoisotopic (exact) mass is 344 g/mol. The number of carbonyl (C=O) groups is 2. The molecule has 6 heteroatoms. The van der Waals surface area contributed by atoms with E-state index in [-0.39, 0.29) is 17.6 Å². The molecule has 0 saturated carbocycles. The van der Waals surface area contributed by atoms with Crippen LogP contribution in [0.25, 0.3) is 0 Å². The highest BCUT2D eigenvalue weighted by atomic mass is 19.1. The summed E-state index contributed by atoms with van der Waals surface area (Å²) in [6.45, 7) is 1.59. The van der Waals surface area contributed by atoms with Crippen LogP contribution < -0.4 is 15.6 Å². The number of nitrogens with one attached hydrogen (secondary N) is 2. The number of rotatable bonds is 7. The number of halogens is 1. The number of para-hydroxylation sites is 1. The lowest BCUT2D eigenvalue weighted by atomic mass is 9.94. The normalized spacial score (nSPS) is 11.4. The molecule has 0 saturated heterocycles. The first-order valence-corrected chi connectivity index (χ1v) is 8.12. The molecule has 0 fully saturated rings. The van der Waals surface area contributed by atoms with Crippen molar-refractivity contribution in [3.63, 3.8) is 0 Å². The summed E-state index contributed by atoms with van der Waals surface area (Å²) < 4.78 is 18.5.